The van der Waals surface area contributed by atoms with E-state index in [9.17, 15) is 9.59 Å². The second kappa shape index (κ2) is 12.3. The van der Waals surface area contributed by atoms with E-state index in [4.69, 9.17) is 25.8 Å². The number of benzene rings is 4. The van der Waals surface area contributed by atoms with Gasteiger partial charge in [-0.3, -0.25) is 14.5 Å². The molecule has 1 aliphatic rings. The molecule has 1 heterocycles. The van der Waals surface area contributed by atoms with Crippen molar-refractivity contribution >= 4 is 51.4 Å². The Morgan fingerprint density at radius 2 is 1.67 bits per heavy atom. The van der Waals surface area contributed by atoms with Gasteiger partial charge in [-0.1, -0.05) is 66.2 Å². The number of hydrogen-bond donors (Lipinski definition) is 0. The lowest BCUT2D eigenvalue weighted by Crippen LogP contribution is -2.32. The highest BCUT2D eigenvalue weighted by Crippen LogP contribution is 2.35. The third-order valence-corrected chi connectivity index (χ3v) is 7.19. The van der Waals surface area contributed by atoms with E-state index in [2.05, 4.69) is 0 Å². The molecule has 0 spiro atoms. The van der Waals surface area contributed by atoms with E-state index in [1.54, 1.807) is 18.2 Å². The highest BCUT2D eigenvalue weighted by atomic mass is 35.5. The summed E-state index contributed by atoms with van der Waals surface area (Å²) < 4.78 is 17.7. The van der Waals surface area contributed by atoms with Crippen molar-refractivity contribution < 1.29 is 23.8 Å². The van der Waals surface area contributed by atoms with E-state index < -0.39 is 0 Å². The van der Waals surface area contributed by atoms with Crippen LogP contribution in [0.3, 0.4) is 0 Å². The highest BCUT2D eigenvalue weighted by molar-refractivity contribution is 8.18. The molecule has 0 saturated carbocycles. The molecule has 198 valence electrons. The van der Waals surface area contributed by atoms with Crippen LogP contribution < -0.4 is 14.2 Å². The van der Waals surface area contributed by atoms with Crippen LogP contribution in [-0.2, 0) is 11.4 Å². The first-order valence-electron chi connectivity index (χ1n) is 12.5. The van der Waals surface area contributed by atoms with E-state index in [-0.39, 0.29) is 24.3 Å². The maximum Gasteiger partial charge on any atom is 0.293 e. The van der Waals surface area contributed by atoms with Gasteiger partial charge in [0, 0.05) is 10.4 Å². The summed E-state index contributed by atoms with van der Waals surface area (Å²) in [7, 11) is 0. The van der Waals surface area contributed by atoms with Crippen LogP contribution >= 0.6 is 23.4 Å². The van der Waals surface area contributed by atoms with Crippen LogP contribution in [0, 0.1) is 0 Å². The number of hydrogen-bond acceptors (Lipinski definition) is 6. The average Bonchev–Trinajstić information content (AvgIpc) is 3.20. The smallest absolute Gasteiger partial charge is 0.293 e. The fourth-order valence-electron chi connectivity index (χ4n) is 4.20. The van der Waals surface area contributed by atoms with Crippen molar-refractivity contribution in [3.8, 4) is 17.2 Å². The third-order valence-electron chi connectivity index (χ3n) is 6.04. The lowest BCUT2D eigenvalue weighted by Gasteiger charge is -2.14. The van der Waals surface area contributed by atoms with Gasteiger partial charge in [0.05, 0.1) is 18.1 Å². The number of rotatable bonds is 10. The summed E-state index contributed by atoms with van der Waals surface area (Å²) >= 11 is 6.98. The minimum Gasteiger partial charge on any atom is -0.491 e. The van der Waals surface area contributed by atoms with Crippen LogP contribution in [0.25, 0.3) is 16.8 Å². The van der Waals surface area contributed by atoms with Gasteiger partial charge in [0.2, 0.25) is 0 Å². The summed E-state index contributed by atoms with van der Waals surface area (Å²) in [5.74, 6) is 1.51. The summed E-state index contributed by atoms with van der Waals surface area (Å²) in [4.78, 5) is 27.2. The van der Waals surface area contributed by atoms with E-state index in [1.165, 1.54) is 4.90 Å². The predicted molar refractivity (Wildman–Crippen MR) is 156 cm³/mol. The number of fused-ring (bicyclic) bond motifs is 1. The number of carbonyl (C=O) groups is 2. The first kappa shape index (κ1) is 26.7. The van der Waals surface area contributed by atoms with Crippen molar-refractivity contribution in [1.82, 2.24) is 4.90 Å². The lowest BCUT2D eigenvalue weighted by atomic mass is 10.1. The molecule has 0 radical (unpaired) electrons. The zero-order valence-electron chi connectivity index (χ0n) is 21.3. The SMILES string of the molecule is CCOc1cc(/C=C2\SC(=O)N(CCOc3cccc4ccccc34)C2=O)ccc1OCc1cccc(Cl)c1. The van der Waals surface area contributed by atoms with Crippen LogP contribution in [0.4, 0.5) is 4.79 Å². The first-order valence-corrected chi connectivity index (χ1v) is 13.7. The predicted octanol–water partition coefficient (Wildman–Crippen LogP) is 7.59. The van der Waals surface area contributed by atoms with Gasteiger partial charge in [0.25, 0.3) is 11.1 Å². The number of thioether (sulfide) groups is 1. The van der Waals surface area contributed by atoms with E-state index in [0.29, 0.717) is 34.6 Å². The van der Waals surface area contributed by atoms with E-state index >= 15 is 0 Å². The third kappa shape index (κ3) is 6.38. The van der Waals surface area contributed by atoms with E-state index in [0.717, 1.165) is 39.4 Å². The maximum atomic E-state index is 13.0. The van der Waals surface area contributed by atoms with Crippen LogP contribution in [-0.4, -0.2) is 35.8 Å². The largest absolute Gasteiger partial charge is 0.491 e. The maximum absolute atomic E-state index is 13.0. The molecular formula is C31H26ClNO5S. The van der Waals surface area contributed by atoms with Crippen LogP contribution in [0.15, 0.2) is 89.8 Å². The van der Waals surface area contributed by atoms with Gasteiger partial charge in [0.15, 0.2) is 11.5 Å². The first-order chi connectivity index (χ1) is 19.0. The second-order valence-corrected chi connectivity index (χ2v) is 10.1. The number of halogens is 1. The van der Waals surface area contributed by atoms with Gasteiger partial charge in [-0.15, -0.1) is 0 Å². The Morgan fingerprint density at radius 3 is 2.51 bits per heavy atom. The van der Waals surface area contributed by atoms with Gasteiger partial charge in [0.1, 0.15) is 19.0 Å². The Bertz CT molecular complexity index is 1550. The number of amides is 2. The summed E-state index contributed by atoms with van der Waals surface area (Å²) in [6.07, 6.45) is 1.69. The molecule has 0 atom stereocenters. The Kier molecular flexibility index (Phi) is 8.39. The Hall–Kier alpha value is -3.94. The molecule has 5 rings (SSSR count). The minimum absolute atomic E-state index is 0.158. The molecule has 1 saturated heterocycles. The summed E-state index contributed by atoms with van der Waals surface area (Å²) in [6.45, 7) is 3.03. The normalized spacial score (nSPS) is 14.3. The number of nitrogens with zero attached hydrogens (tertiary/aromatic N) is 1. The molecule has 39 heavy (non-hydrogen) atoms. The molecule has 0 bridgehead atoms. The Balaban J connectivity index is 1.25. The fraction of sp³-hybridized carbons (Fsp3) is 0.161. The van der Waals surface area contributed by atoms with Crippen LogP contribution in [0.2, 0.25) is 5.02 Å². The fourth-order valence-corrected chi connectivity index (χ4v) is 5.28. The van der Waals surface area contributed by atoms with E-state index in [1.807, 2.05) is 79.7 Å². The summed E-state index contributed by atoms with van der Waals surface area (Å²) in [6, 6.07) is 26.6. The van der Waals surface area contributed by atoms with Crippen LogP contribution in [0.5, 0.6) is 17.2 Å². The highest BCUT2D eigenvalue weighted by Gasteiger charge is 2.34. The Morgan fingerprint density at radius 1 is 0.846 bits per heavy atom. The lowest BCUT2D eigenvalue weighted by molar-refractivity contribution is -0.123. The summed E-state index contributed by atoms with van der Waals surface area (Å²) in [5.41, 5.74) is 1.66. The molecule has 0 aromatic heterocycles. The van der Waals surface area contributed by atoms with Crippen LogP contribution in [0.1, 0.15) is 18.1 Å². The molecule has 8 heteroatoms. The van der Waals surface area contributed by atoms with Crippen molar-refractivity contribution in [1.29, 1.82) is 0 Å². The van der Waals surface area contributed by atoms with Gasteiger partial charge >= 0.3 is 0 Å². The average molecular weight is 560 g/mol. The number of ether oxygens (including phenoxy) is 3. The summed E-state index contributed by atoms with van der Waals surface area (Å²) in [5, 5.41) is 2.38. The molecular weight excluding hydrogens is 534 g/mol. The minimum atomic E-state index is -0.342. The van der Waals surface area contributed by atoms with Gasteiger partial charge in [-0.2, -0.15) is 0 Å². The number of imide groups is 1. The number of carbonyl (C=O) groups excluding carboxylic acids is 2. The quantitative estimate of drug-likeness (QED) is 0.187. The molecule has 0 N–H and O–H groups in total. The van der Waals surface area contributed by atoms with Gasteiger partial charge in [-0.25, -0.2) is 0 Å². The second-order valence-electron chi connectivity index (χ2n) is 8.72. The zero-order valence-corrected chi connectivity index (χ0v) is 22.8. The molecule has 4 aromatic carbocycles. The van der Waals surface area contributed by atoms with Crippen molar-refractivity contribution in [3.63, 3.8) is 0 Å². The molecule has 1 aliphatic heterocycles. The van der Waals surface area contributed by atoms with Crippen molar-refractivity contribution in [2.45, 2.75) is 13.5 Å². The van der Waals surface area contributed by atoms with Gasteiger partial charge in [-0.05, 0) is 71.6 Å². The molecule has 2 amide bonds. The van der Waals surface area contributed by atoms with Crippen molar-refractivity contribution in [2.75, 3.05) is 19.8 Å². The zero-order chi connectivity index (χ0) is 27.2. The van der Waals surface area contributed by atoms with Crippen molar-refractivity contribution in [3.05, 3.63) is 106 Å². The van der Waals surface area contributed by atoms with Crippen molar-refractivity contribution in [2.24, 2.45) is 0 Å². The molecule has 4 aromatic rings. The monoisotopic (exact) mass is 559 g/mol. The molecule has 6 nitrogen and oxygen atoms in total. The molecule has 1 fully saturated rings. The van der Waals surface area contributed by atoms with Gasteiger partial charge < -0.3 is 14.2 Å². The molecule has 0 aliphatic carbocycles. The molecule has 0 unspecified atom stereocenters. The Labute approximate surface area is 236 Å². The standard InChI is InChI=1S/C31H26ClNO5S/c1-2-36-28-18-21(13-14-27(28)38-20-22-7-5-10-24(32)17-22)19-29-30(34)33(31(35)39-29)15-16-37-26-12-6-9-23-8-3-4-11-25(23)26/h3-14,17-19H,2,15-16,20H2,1H3/b29-19-. The topological polar surface area (TPSA) is 65.1 Å².